The molecule has 0 fully saturated rings. The van der Waals surface area contributed by atoms with Crippen LogP contribution < -0.4 is 0 Å². The topological polar surface area (TPSA) is 87.0 Å². The highest BCUT2D eigenvalue weighted by molar-refractivity contribution is 7.17. The molecule has 0 radical (unpaired) electrons. The van der Waals surface area contributed by atoms with E-state index in [-0.39, 0.29) is 5.57 Å². The maximum atomic E-state index is 11.8. The fourth-order valence-corrected chi connectivity index (χ4v) is 4.21. The number of hydrogen-bond acceptors (Lipinski definition) is 4. The van der Waals surface area contributed by atoms with Gasteiger partial charge in [-0.05, 0) is 36.2 Å². The van der Waals surface area contributed by atoms with Gasteiger partial charge in [0.1, 0.15) is 5.92 Å². The average Bonchev–Trinajstić information content (AvgIpc) is 2.89. The molecule has 0 amide bonds. The van der Waals surface area contributed by atoms with Gasteiger partial charge in [0.15, 0.2) is 0 Å². The molecule has 3 rings (SSSR count). The molecule has 1 aliphatic rings. The Balaban J connectivity index is 2.29. The molecule has 2 N–H and O–H groups in total. The maximum Gasteiger partial charge on any atom is 0.334 e. The summed E-state index contributed by atoms with van der Waals surface area (Å²) in [5.41, 5.74) is 1.60. The lowest BCUT2D eigenvalue weighted by Gasteiger charge is -2.29. The maximum absolute atomic E-state index is 11.8. The number of thiophene rings is 1. The zero-order chi connectivity index (χ0) is 16.7. The van der Waals surface area contributed by atoms with Crippen LogP contribution in [0.3, 0.4) is 0 Å². The van der Waals surface area contributed by atoms with Crippen molar-refractivity contribution >= 4 is 39.1 Å². The van der Waals surface area contributed by atoms with E-state index in [9.17, 15) is 19.8 Å². The Labute approximate surface area is 136 Å². The summed E-state index contributed by atoms with van der Waals surface area (Å²) >= 11 is 1.49. The van der Waals surface area contributed by atoms with Crippen molar-refractivity contribution in [2.45, 2.75) is 19.8 Å². The van der Waals surface area contributed by atoms with Crippen LogP contribution in [0.25, 0.3) is 10.1 Å². The molecule has 0 spiro atoms. The number of aliphatic imine (C=N–C) groups is 1. The summed E-state index contributed by atoms with van der Waals surface area (Å²) in [6.07, 6.45) is 0. The highest BCUT2D eigenvalue weighted by Gasteiger charge is 2.41. The molecular weight excluding hydrogens is 314 g/mol. The molecule has 2 atom stereocenters. The molecule has 1 aromatic carbocycles. The van der Waals surface area contributed by atoms with E-state index in [1.54, 1.807) is 13.8 Å². The van der Waals surface area contributed by atoms with E-state index in [4.69, 9.17) is 0 Å². The number of carboxylic acid groups (broad SMARTS) is 2. The summed E-state index contributed by atoms with van der Waals surface area (Å²) in [4.78, 5) is 27.7. The van der Waals surface area contributed by atoms with E-state index in [0.29, 0.717) is 11.4 Å². The Bertz CT molecular complexity index is 878. The van der Waals surface area contributed by atoms with Crippen molar-refractivity contribution in [1.82, 2.24) is 0 Å². The van der Waals surface area contributed by atoms with Crippen LogP contribution >= 0.6 is 11.3 Å². The largest absolute Gasteiger partial charge is 0.481 e. The summed E-state index contributed by atoms with van der Waals surface area (Å²) in [5.74, 6) is -3.88. The summed E-state index contributed by atoms with van der Waals surface area (Å²) in [7, 11) is 0. The van der Waals surface area contributed by atoms with Crippen molar-refractivity contribution in [3.8, 4) is 0 Å². The molecule has 0 saturated carbocycles. The van der Waals surface area contributed by atoms with Crippen molar-refractivity contribution in [3.63, 3.8) is 0 Å². The van der Waals surface area contributed by atoms with Gasteiger partial charge in [-0.3, -0.25) is 9.79 Å². The first-order valence-electron chi connectivity index (χ1n) is 7.10. The van der Waals surface area contributed by atoms with Gasteiger partial charge in [-0.15, -0.1) is 11.3 Å². The third-order valence-corrected chi connectivity index (χ3v) is 5.15. The van der Waals surface area contributed by atoms with Gasteiger partial charge < -0.3 is 10.2 Å². The fourth-order valence-electron chi connectivity index (χ4n) is 3.21. The molecule has 0 aliphatic carbocycles. The second-order valence-corrected chi connectivity index (χ2v) is 6.45. The summed E-state index contributed by atoms with van der Waals surface area (Å²) in [5, 5.41) is 22.0. The Morgan fingerprint density at radius 1 is 1.17 bits per heavy atom. The van der Waals surface area contributed by atoms with Crippen LogP contribution in [-0.2, 0) is 9.59 Å². The number of carboxylic acids is 2. The highest BCUT2D eigenvalue weighted by atomic mass is 32.1. The normalized spacial score (nSPS) is 21.4. The number of nitrogens with zero attached hydrogens (tertiary/aromatic N) is 1. The molecule has 1 aliphatic heterocycles. The van der Waals surface area contributed by atoms with E-state index in [1.807, 2.05) is 29.6 Å². The first-order valence-corrected chi connectivity index (χ1v) is 7.98. The van der Waals surface area contributed by atoms with Crippen LogP contribution in [0.2, 0.25) is 0 Å². The monoisotopic (exact) mass is 329 g/mol. The number of benzene rings is 1. The molecule has 6 heteroatoms. The number of fused-ring (bicyclic) bond motifs is 1. The van der Waals surface area contributed by atoms with Gasteiger partial charge in [-0.25, -0.2) is 4.79 Å². The summed E-state index contributed by atoms with van der Waals surface area (Å²) < 4.78 is 1.01. The zero-order valence-corrected chi connectivity index (χ0v) is 13.4. The van der Waals surface area contributed by atoms with Gasteiger partial charge in [0.2, 0.25) is 0 Å². The van der Waals surface area contributed by atoms with Crippen molar-refractivity contribution in [3.05, 3.63) is 46.5 Å². The van der Waals surface area contributed by atoms with E-state index in [1.165, 1.54) is 11.3 Å². The summed E-state index contributed by atoms with van der Waals surface area (Å²) in [6, 6.07) is 7.62. The molecular formula is C17H15NO4S. The van der Waals surface area contributed by atoms with Crippen LogP contribution in [-0.4, -0.2) is 27.9 Å². The van der Waals surface area contributed by atoms with Gasteiger partial charge in [-0.2, -0.15) is 0 Å². The predicted molar refractivity (Wildman–Crippen MR) is 89.1 cm³/mol. The average molecular weight is 329 g/mol. The van der Waals surface area contributed by atoms with Crippen molar-refractivity contribution < 1.29 is 19.8 Å². The van der Waals surface area contributed by atoms with Gasteiger partial charge in [0.25, 0.3) is 0 Å². The fraction of sp³-hybridized carbons (Fsp3) is 0.235. The first-order chi connectivity index (χ1) is 10.9. The van der Waals surface area contributed by atoms with Crippen LogP contribution in [0, 0.1) is 5.92 Å². The lowest BCUT2D eigenvalue weighted by atomic mass is 9.75. The molecule has 2 unspecified atom stereocenters. The van der Waals surface area contributed by atoms with Crippen LogP contribution in [0.1, 0.15) is 25.3 Å². The Morgan fingerprint density at radius 2 is 1.87 bits per heavy atom. The third kappa shape index (κ3) is 2.45. The van der Waals surface area contributed by atoms with Gasteiger partial charge in [0.05, 0.1) is 5.57 Å². The summed E-state index contributed by atoms with van der Waals surface area (Å²) in [6.45, 7) is 3.26. The SMILES string of the molecule is CC1=NC(C)=C(C(=O)O)C(c2csc3ccccc23)C1C(=O)O. The molecule has 118 valence electrons. The lowest BCUT2D eigenvalue weighted by molar-refractivity contribution is -0.140. The van der Waals surface area contributed by atoms with Gasteiger partial charge in [-0.1, -0.05) is 18.2 Å². The lowest BCUT2D eigenvalue weighted by Crippen LogP contribution is -2.34. The number of allylic oxidation sites excluding steroid dienone is 1. The standard InChI is InChI=1S/C17H15NO4S/c1-8-13(16(19)20)15(14(17(21)22)9(2)18-8)11-7-23-12-6-4-3-5-10(11)12/h3-7,13,15H,1-2H3,(H,19,20)(H,21,22). The highest BCUT2D eigenvalue weighted by Crippen LogP contribution is 2.43. The third-order valence-electron chi connectivity index (χ3n) is 4.17. The van der Waals surface area contributed by atoms with E-state index in [0.717, 1.165) is 15.6 Å². The minimum Gasteiger partial charge on any atom is -0.481 e. The number of rotatable bonds is 3. The van der Waals surface area contributed by atoms with Crippen LogP contribution in [0.4, 0.5) is 0 Å². The van der Waals surface area contributed by atoms with Crippen molar-refractivity contribution in [1.29, 1.82) is 0 Å². The molecule has 1 aromatic heterocycles. The molecule has 5 nitrogen and oxygen atoms in total. The van der Waals surface area contributed by atoms with Crippen LogP contribution in [0.15, 0.2) is 45.9 Å². The molecule has 23 heavy (non-hydrogen) atoms. The van der Waals surface area contributed by atoms with Crippen molar-refractivity contribution in [2.75, 3.05) is 0 Å². The van der Waals surface area contributed by atoms with Gasteiger partial charge in [0, 0.05) is 22.0 Å². The minimum absolute atomic E-state index is 0.0616. The molecule has 0 saturated heterocycles. The zero-order valence-electron chi connectivity index (χ0n) is 12.6. The first kappa shape index (κ1) is 15.4. The molecule has 2 heterocycles. The second kappa shape index (κ2) is 5.62. The van der Waals surface area contributed by atoms with E-state index in [2.05, 4.69) is 4.99 Å². The van der Waals surface area contributed by atoms with Gasteiger partial charge >= 0.3 is 11.9 Å². The Morgan fingerprint density at radius 3 is 2.52 bits per heavy atom. The van der Waals surface area contributed by atoms with Crippen molar-refractivity contribution in [2.24, 2.45) is 10.9 Å². The smallest absolute Gasteiger partial charge is 0.334 e. The number of hydrogen-bond donors (Lipinski definition) is 2. The minimum atomic E-state index is -1.12. The molecule has 2 aromatic rings. The van der Waals surface area contributed by atoms with E-state index < -0.39 is 23.8 Å². The van der Waals surface area contributed by atoms with E-state index >= 15 is 0 Å². The number of carbonyl (C=O) groups is 2. The van der Waals surface area contributed by atoms with Crippen LogP contribution in [0.5, 0.6) is 0 Å². The quantitative estimate of drug-likeness (QED) is 0.902. The predicted octanol–water partition coefficient (Wildman–Crippen LogP) is 3.52. The molecule has 0 bridgehead atoms. The number of aliphatic carboxylic acids is 2. The Hall–Kier alpha value is -2.47. The second-order valence-electron chi connectivity index (χ2n) is 5.54. The Kier molecular flexibility index (Phi) is 3.77.